The normalized spacial score (nSPS) is 12.2. The Bertz CT molecular complexity index is 520. The number of hydrogen-bond acceptors (Lipinski definition) is 3. The second-order valence-electron chi connectivity index (χ2n) is 4.46. The van der Waals surface area contributed by atoms with Crippen LogP contribution in [-0.4, -0.2) is 11.5 Å². The molecule has 2 aromatic rings. The highest BCUT2D eigenvalue weighted by Crippen LogP contribution is 2.24. The highest BCUT2D eigenvalue weighted by molar-refractivity contribution is 5.59. The Kier molecular flexibility index (Phi) is 4.12. The quantitative estimate of drug-likeness (QED) is 0.915. The van der Waals surface area contributed by atoms with Gasteiger partial charge in [0.25, 0.3) is 0 Å². The summed E-state index contributed by atoms with van der Waals surface area (Å²) in [7, 11) is 0. The molecule has 0 bridgehead atoms. The van der Waals surface area contributed by atoms with Gasteiger partial charge in [-0.05, 0) is 49.7 Å². The number of halogens is 1. The van der Waals surface area contributed by atoms with Gasteiger partial charge in [0.15, 0.2) is 0 Å². The van der Waals surface area contributed by atoms with E-state index in [2.05, 4.69) is 4.98 Å². The van der Waals surface area contributed by atoms with E-state index in [1.165, 1.54) is 12.1 Å². The minimum atomic E-state index is -0.236. The molecule has 2 N–H and O–H groups in total. The van der Waals surface area contributed by atoms with Crippen LogP contribution in [0.15, 0.2) is 42.6 Å². The maximum Gasteiger partial charge on any atom is 0.132 e. The van der Waals surface area contributed by atoms with Crippen molar-refractivity contribution in [3.63, 3.8) is 0 Å². The maximum absolute atomic E-state index is 13.0. The van der Waals surface area contributed by atoms with Crippen LogP contribution in [0.5, 0.6) is 0 Å². The smallest absolute Gasteiger partial charge is 0.132 e. The van der Waals surface area contributed by atoms with E-state index in [-0.39, 0.29) is 11.9 Å². The van der Waals surface area contributed by atoms with E-state index in [1.807, 2.05) is 30.9 Å². The number of nitrogens with zero attached hydrogens (tertiary/aromatic N) is 2. The van der Waals surface area contributed by atoms with Crippen LogP contribution in [0.2, 0.25) is 0 Å². The van der Waals surface area contributed by atoms with Crippen molar-refractivity contribution in [2.75, 3.05) is 11.4 Å². The largest absolute Gasteiger partial charge is 0.327 e. The lowest BCUT2D eigenvalue weighted by atomic mass is 10.1. The second kappa shape index (κ2) is 5.80. The molecule has 0 saturated carbocycles. The number of aromatic nitrogens is 1. The van der Waals surface area contributed by atoms with Crippen LogP contribution in [-0.2, 0) is 0 Å². The first-order chi connectivity index (χ1) is 9.11. The van der Waals surface area contributed by atoms with Crippen molar-refractivity contribution in [1.82, 2.24) is 4.98 Å². The number of anilines is 2. The predicted molar refractivity (Wildman–Crippen MR) is 75.9 cm³/mol. The Balaban J connectivity index is 2.28. The standard InChI is InChI=1S/C15H18FN3/c1-3-19(14-7-5-13(16)6-8-14)15-9-4-12(10-18-15)11(2)17/h4-11H,3,17H2,1-2H3/t11-/m0/s1. The van der Waals surface area contributed by atoms with E-state index in [0.29, 0.717) is 0 Å². The van der Waals surface area contributed by atoms with E-state index in [0.717, 1.165) is 23.6 Å². The van der Waals surface area contributed by atoms with E-state index < -0.39 is 0 Å². The summed E-state index contributed by atoms with van der Waals surface area (Å²) in [5, 5.41) is 0. The van der Waals surface area contributed by atoms with Crippen LogP contribution in [0.3, 0.4) is 0 Å². The van der Waals surface area contributed by atoms with E-state index in [1.54, 1.807) is 18.3 Å². The van der Waals surface area contributed by atoms with E-state index >= 15 is 0 Å². The third kappa shape index (κ3) is 3.09. The third-order valence-electron chi connectivity index (χ3n) is 3.03. The van der Waals surface area contributed by atoms with Gasteiger partial charge in [-0.2, -0.15) is 0 Å². The molecule has 0 aliphatic heterocycles. The number of benzene rings is 1. The Hall–Kier alpha value is -1.94. The van der Waals surface area contributed by atoms with Crippen molar-refractivity contribution >= 4 is 11.5 Å². The van der Waals surface area contributed by atoms with Gasteiger partial charge in [-0.25, -0.2) is 9.37 Å². The van der Waals surface area contributed by atoms with Gasteiger partial charge >= 0.3 is 0 Å². The first-order valence-corrected chi connectivity index (χ1v) is 6.36. The highest BCUT2D eigenvalue weighted by atomic mass is 19.1. The van der Waals surface area contributed by atoms with Gasteiger partial charge in [0.2, 0.25) is 0 Å². The molecule has 1 aromatic carbocycles. The van der Waals surface area contributed by atoms with Crippen LogP contribution >= 0.6 is 0 Å². The van der Waals surface area contributed by atoms with Crippen molar-refractivity contribution in [2.24, 2.45) is 5.73 Å². The first kappa shape index (κ1) is 13.5. The lowest BCUT2D eigenvalue weighted by Crippen LogP contribution is -2.17. The molecule has 19 heavy (non-hydrogen) atoms. The van der Waals surface area contributed by atoms with Gasteiger partial charge in [-0.1, -0.05) is 6.07 Å². The summed E-state index contributed by atoms with van der Waals surface area (Å²) < 4.78 is 13.0. The molecule has 0 saturated heterocycles. The molecule has 0 fully saturated rings. The maximum atomic E-state index is 13.0. The Labute approximate surface area is 112 Å². The molecule has 1 aromatic heterocycles. The molecule has 1 heterocycles. The van der Waals surface area contributed by atoms with Gasteiger partial charge < -0.3 is 10.6 Å². The topological polar surface area (TPSA) is 42.1 Å². The molecule has 0 aliphatic rings. The Morgan fingerprint density at radius 1 is 1.21 bits per heavy atom. The predicted octanol–water partition coefficient (Wildman–Crippen LogP) is 3.40. The zero-order chi connectivity index (χ0) is 13.8. The Morgan fingerprint density at radius 3 is 2.37 bits per heavy atom. The van der Waals surface area contributed by atoms with Crippen molar-refractivity contribution in [2.45, 2.75) is 19.9 Å². The monoisotopic (exact) mass is 259 g/mol. The van der Waals surface area contributed by atoms with Crippen molar-refractivity contribution < 1.29 is 4.39 Å². The van der Waals surface area contributed by atoms with Crippen LogP contribution in [0, 0.1) is 5.82 Å². The van der Waals surface area contributed by atoms with Crippen LogP contribution < -0.4 is 10.6 Å². The van der Waals surface area contributed by atoms with Gasteiger partial charge in [-0.3, -0.25) is 0 Å². The molecular formula is C15H18FN3. The lowest BCUT2D eigenvalue weighted by molar-refractivity contribution is 0.628. The zero-order valence-electron chi connectivity index (χ0n) is 11.2. The Morgan fingerprint density at radius 2 is 1.89 bits per heavy atom. The van der Waals surface area contributed by atoms with E-state index in [9.17, 15) is 4.39 Å². The van der Waals surface area contributed by atoms with Gasteiger partial charge in [0.1, 0.15) is 11.6 Å². The number of pyridine rings is 1. The van der Waals surface area contributed by atoms with Crippen molar-refractivity contribution in [3.8, 4) is 0 Å². The molecule has 1 atom stereocenters. The molecule has 0 unspecified atom stereocenters. The molecule has 0 spiro atoms. The summed E-state index contributed by atoms with van der Waals surface area (Å²) in [5.41, 5.74) is 7.73. The van der Waals surface area contributed by atoms with Crippen LogP contribution in [0.1, 0.15) is 25.5 Å². The summed E-state index contributed by atoms with van der Waals surface area (Å²) in [6.07, 6.45) is 1.78. The minimum Gasteiger partial charge on any atom is -0.327 e. The fraction of sp³-hybridized carbons (Fsp3) is 0.267. The molecule has 4 heteroatoms. The fourth-order valence-electron chi connectivity index (χ4n) is 1.92. The molecular weight excluding hydrogens is 241 g/mol. The molecule has 0 aliphatic carbocycles. The summed E-state index contributed by atoms with van der Waals surface area (Å²) >= 11 is 0. The summed E-state index contributed by atoms with van der Waals surface area (Å²) in [6, 6.07) is 10.3. The minimum absolute atomic E-state index is 0.0255. The van der Waals surface area contributed by atoms with Crippen LogP contribution in [0.4, 0.5) is 15.9 Å². The summed E-state index contributed by atoms with van der Waals surface area (Å²) in [6.45, 7) is 4.72. The highest BCUT2D eigenvalue weighted by Gasteiger charge is 2.09. The van der Waals surface area contributed by atoms with Gasteiger partial charge in [0.05, 0.1) is 0 Å². The fourth-order valence-corrected chi connectivity index (χ4v) is 1.92. The van der Waals surface area contributed by atoms with Crippen LogP contribution in [0.25, 0.3) is 0 Å². The molecule has 0 radical (unpaired) electrons. The summed E-state index contributed by atoms with van der Waals surface area (Å²) in [4.78, 5) is 6.44. The first-order valence-electron chi connectivity index (χ1n) is 6.36. The zero-order valence-corrected chi connectivity index (χ0v) is 11.2. The SMILES string of the molecule is CCN(c1ccc(F)cc1)c1ccc([C@H](C)N)cn1. The number of rotatable bonds is 4. The average molecular weight is 259 g/mol. The van der Waals surface area contributed by atoms with Crippen molar-refractivity contribution in [1.29, 1.82) is 0 Å². The lowest BCUT2D eigenvalue weighted by Gasteiger charge is -2.22. The molecule has 100 valence electrons. The molecule has 2 rings (SSSR count). The molecule has 3 nitrogen and oxygen atoms in total. The number of nitrogens with two attached hydrogens (primary N) is 1. The summed E-state index contributed by atoms with van der Waals surface area (Å²) in [5.74, 6) is 0.596. The van der Waals surface area contributed by atoms with Gasteiger partial charge in [0, 0.05) is 24.5 Å². The third-order valence-corrected chi connectivity index (χ3v) is 3.03. The molecule has 0 amide bonds. The second-order valence-corrected chi connectivity index (χ2v) is 4.46. The number of hydrogen-bond donors (Lipinski definition) is 1. The van der Waals surface area contributed by atoms with Crippen molar-refractivity contribution in [3.05, 3.63) is 54.0 Å². The van der Waals surface area contributed by atoms with E-state index in [4.69, 9.17) is 5.73 Å². The van der Waals surface area contributed by atoms with Gasteiger partial charge in [-0.15, -0.1) is 0 Å². The average Bonchev–Trinajstić information content (AvgIpc) is 2.42.